The van der Waals surface area contributed by atoms with E-state index in [2.05, 4.69) is 6.92 Å². The quantitative estimate of drug-likeness (QED) is 0.228. The van der Waals surface area contributed by atoms with E-state index in [9.17, 15) is 9.90 Å². The third kappa shape index (κ3) is 18.0. The van der Waals surface area contributed by atoms with Crippen LogP contribution in [-0.2, 0) is 9.53 Å². The van der Waals surface area contributed by atoms with Crippen LogP contribution < -0.4 is 0 Å². The number of esters is 1. The van der Waals surface area contributed by atoms with E-state index in [1.807, 2.05) is 13.8 Å². The van der Waals surface area contributed by atoms with E-state index in [-0.39, 0.29) is 18.5 Å². The molecule has 0 aromatic heterocycles. The number of carbonyl (C=O) groups is 1. The molecule has 0 aromatic carbocycles. The van der Waals surface area contributed by atoms with Crippen molar-refractivity contribution >= 4 is 5.97 Å². The summed E-state index contributed by atoms with van der Waals surface area (Å²) in [7, 11) is 0. The number of aliphatic hydroxyl groups is 1. The first-order valence-corrected chi connectivity index (χ1v) is 10.9. The molecule has 0 radical (unpaired) electrons. The third-order valence-electron chi connectivity index (χ3n) is 4.78. The number of unbranched alkanes of at least 4 members (excludes halogenated alkanes) is 13. The number of rotatable bonds is 18. The smallest absolute Gasteiger partial charge is 0.308 e. The molecule has 0 aliphatic carbocycles. The Morgan fingerprint density at radius 2 is 1.16 bits per heavy atom. The maximum Gasteiger partial charge on any atom is 0.308 e. The summed E-state index contributed by atoms with van der Waals surface area (Å²) < 4.78 is 5.05. The second kappa shape index (κ2) is 18.2. The van der Waals surface area contributed by atoms with Crippen LogP contribution in [0.4, 0.5) is 0 Å². The summed E-state index contributed by atoms with van der Waals surface area (Å²) >= 11 is 0. The molecule has 0 bridgehead atoms. The molecule has 3 nitrogen and oxygen atoms in total. The fraction of sp³-hybridized carbons (Fsp3) is 0.955. The lowest BCUT2D eigenvalue weighted by atomic mass is 10.0. The van der Waals surface area contributed by atoms with Crippen LogP contribution in [0.25, 0.3) is 0 Å². The second-order valence-electron chi connectivity index (χ2n) is 7.82. The van der Waals surface area contributed by atoms with Crippen molar-refractivity contribution in [2.45, 2.75) is 123 Å². The Morgan fingerprint density at radius 3 is 1.56 bits per heavy atom. The molecular weight excluding hydrogens is 312 g/mol. The van der Waals surface area contributed by atoms with E-state index in [1.54, 1.807) is 0 Å². The number of carbonyl (C=O) groups excluding carboxylic acids is 1. The Hall–Kier alpha value is -0.570. The molecule has 3 heteroatoms. The molecule has 25 heavy (non-hydrogen) atoms. The summed E-state index contributed by atoms with van der Waals surface area (Å²) in [6, 6.07) is 0. The van der Waals surface area contributed by atoms with Crippen molar-refractivity contribution < 1.29 is 14.6 Å². The minimum atomic E-state index is -0.500. The minimum Gasteiger partial charge on any atom is -0.463 e. The van der Waals surface area contributed by atoms with Crippen LogP contribution in [0.2, 0.25) is 0 Å². The van der Waals surface area contributed by atoms with Crippen LogP contribution in [0.5, 0.6) is 0 Å². The summed E-state index contributed by atoms with van der Waals surface area (Å²) in [5, 5.41) is 9.79. The van der Waals surface area contributed by atoms with Crippen LogP contribution in [0.1, 0.15) is 117 Å². The average molecular weight is 357 g/mol. The molecule has 0 aromatic rings. The molecule has 0 saturated carbocycles. The average Bonchev–Trinajstić information content (AvgIpc) is 2.59. The van der Waals surface area contributed by atoms with Gasteiger partial charge in [-0.25, -0.2) is 0 Å². The van der Waals surface area contributed by atoms with Gasteiger partial charge >= 0.3 is 5.97 Å². The van der Waals surface area contributed by atoms with Crippen molar-refractivity contribution in [1.29, 1.82) is 0 Å². The summed E-state index contributed by atoms with van der Waals surface area (Å²) in [4.78, 5) is 11.3. The zero-order valence-electron chi connectivity index (χ0n) is 17.2. The summed E-state index contributed by atoms with van der Waals surface area (Å²) in [5.41, 5.74) is 0. The van der Waals surface area contributed by atoms with Crippen molar-refractivity contribution in [3.8, 4) is 0 Å². The zero-order chi connectivity index (χ0) is 18.8. The lowest BCUT2D eigenvalue weighted by Gasteiger charge is -2.12. The highest BCUT2D eigenvalue weighted by Crippen LogP contribution is 2.14. The first-order valence-electron chi connectivity index (χ1n) is 10.9. The van der Waals surface area contributed by atoms with Gasteiger partial charge in [-0.2, -0.15) is 0 Å². The molecule has 0 saturated heterocycles. The summed E-state index contributed by atoms with van der Waals surface area (Å²) in [5.74, 6) is -0.340. The van der Waals surface area contributed by atoms with E-state index in [0.717, 1.165) is 12.8 Å². The molecule has 0 amide bonds. The van der Waals surface area contributed by atoms with E-state index in [1.165, 1.54) is 83.5 Å². The number of hydrogen-bond acceptors (Lipinski definition) is 3. The van der Waals surface area contributed by atoms with E-state index in [0.29, 0.717) is 0 Å². The van der Waals surface area contributed by atoms with Crippen LogP contribution >= 0.6 is 0 Å². The van der Waals surface area contributed by atoms with Gasteiger partial charge in [-0.15, -0.1) is 0 Å². The van der Waals surface area contributed by atoms with Crippen molar-refractivity contribution in [2.24, 2.45) is 5.92 Å². The maximum atomic E-state index is 11.3. The fourth-order valence-corrected chi connectivity index (χ4v) is 3.00. The van der Waals surface area contributed by atoms with Gasteiger partial charge in [0.15, 0.2) is 0 Å². The fourth-order valence-electron chi connectivity index (χ4n) is 3.00. The predicted octanol–water partition coefficient (Wildman–Crippen LogP) is 6.42. The van der Waals surface area contributed by atoms with Gasteiger partial charge in [-0.3, -0.25) is 4.79 Å². The van der Waals surface area contributed by atoms with Gasteiger partial charge in [0.25, 0.3) is 0 Å². The number of aliphatic hydroxyl groups excluding tert-OH is 1. The van der Waals surface area contributed by atoms with Gasteiger partial charge in [0.2, 0.25) is 0 Å². The molecule has 0 spiro atoms. The van der Waals surface area contributed by atoms with Crippen LogP contribution in [0.15, 0.2) is 0 Å². The van der Waals surface area contributed by atoms with Crippen molar-refractivity contribution in [1.82, 2.24) is 0 Å². The Bertz CT molecular complexity index is 289. The second-order valence-corrected chi connectivity index (χ2v) is 7.82. The Kier molecular flexibility index (Phi) is 17.8. The summed E-state index contributed by atoms with van der Waals surface area (Å²) in [6.07, 6.45) is 19.0. The van der Waals surface area contributed by atoms with E-state index in [4.69, 9.17) is 4.74 Å². The Balaban J connectivity index is 3.19. The van der Waals surface area contributed by atoms with Gasteiger partial charge in [-0.1, -0.05) is 111 Å². The lowest BCUT2D eigenvalue weighted by Crippen LogP contribution is -2.21. The van der Waals surface area contributed by atoms with E-state index >= 15 is 0 Å². The number of hydrogen-bond donors (Lipinski definition) is 1. The standard InChI is InChI=1S/C22H44O3/c1-4-5-6-7-8-9-10-11-12-13-14-15-16-17-18-21(23)19-25-22(24)20(2)3/h20-21,23H,4-19H2,1-3H3/t21-/m0/s1. The molecule has 0 aliphatic heterocycles. The first kappa shape index (κ1) is 24.4. The zero-order valence-corrected chi connectivity index (χ0v) is 17.2. The summed E-state index contributed by atoms with van der Waals surface area (Å²) in [6.45, 7) is 6.03. The molecule has 0 aliphatic rings. The number of ether oxygens (including phenoxy) is 1. The molecule has 0 rings (SSSR count). The van der Waals surface area contributed by atoms with Crippen LogP contribution in [-0.4, -0.2) is 23.8 Å². The van der Waals surface area contributed by atoms with Gasteiger partial charge in [0, 0.05) is 0 Å². The third-order valence-corrected chi connectivity index (χ3v) is 4.78. The molecule has 1 N–H and O–H groups in total. The normalized spacial score (nSPS) is 12.5. The molecule has 0 fully saturated rings. The maximum absolute atomic E-state index is 11.3. The predicted molar refractivity (Wildman–Crippen MR) is 107 cm³/mol. The topological polar surface area (TPSA) is 46.5 Å². The molecular formula is C22H44O3. The molecule has 0 unspecified atom stereocenters. The molecule has 150 valence electrons. The lowest BCUT2D eigenvalue weighted by molar-refractivity contribution is -0.150. The molecule has 0 heterocycles. The van der Waals surface area contributed by atoms with Crippen molar-refractivity contribution in [3.05, 3.63) is 0 Å². The highest BCUT2D eigenvalue weighted by molar-refractivity contribution is 5.71. The van der Waals surface area contributed by atoms with Crippen molar-refractivity contribution in [3.63, 3.8) is 0 Å². The largest absolute Gasteiger partial charge is 0.463 e. The highest BCUT2D eigenvalue weighted by Gasteiger charge is 2.11. The van der Waals surface area contributed by atoms with E-state index < -0.39 is 6.10 Å². The van der Waals surface area contributed by atoms with Gasteiger partial charge in [0.05, 0.1) is 12.0 Å². The van der Waals surface area contributed by atoms with Crippen molar-refractivity contribution in [2.75, 3.05) is 6.61 Å². The monoisotopic (exact) mass is 356 g/mol. The van der Waals surface area contributed by atoms with Gasteiger partial charge < -0.3 is 9.84 Å². The Labute approximate surface area is 156 Å². The minimum absolute atomic E-state index is 0.117. The SMILES string of the molecule is CCCCCCCCCCCCCCCC[C@H](O)COC(=O)C(C)C. The van der Waals surface area contributed by atoms with Gasteiger partial charge in [0.1, 0.15) is 6.61 Å². The highest BCUT2D eigenvalue weighted by atomic mass is 16.5. The molecule has 1 atom stereocenters. The van der Waals surface area contributed by atoms with Gasteiger partial charge in [-0.05, 0) is 6.42 Å². The first-order chi connectivity index (χ1) is 12.1. The van der Waals surface area contributed by atoms with Crippen LogP contribution in [0.3, 0.4) is 0 Å². The Morgan fingerprint density at radius 1 is 0.760 bits per heavy atom. The van der Waals surface area contributed by atoms with Crippen LogP contribution in [0, 0.1) is 5.92 Å².